The number of ether oxygens (including phenoxy) is 1. The van der Waals surface area contributed by atoms with E-state index in [2.05, 4.69) is 4.74 Å². The summed E-state index contributed by atoms with van der Waals surface area (Å²) < 4.78 is 33.4. The molecule has 74 valence electrons. The van der Waals surface area contributed by atoms with Gasteiger partial charge >= 0.3 is 5.97 Å². The van der Waals surface area contributed by atoms with E-state index in [-0.39, 0.29) is 6.61 Å². The summed E-state index contributed by atoms with van der Waals surface area (Å²) in [5.74, 6) is -3.33. The molecule has 7 heteroatoms. The van der Waals surface area contributed by atoms with Crippen molar-refractivity contribution in [3.05, 3.63) is 0 Å². The molecule has 0 amide bonds. The van der Waals surface area contributed by atoms with Crippen LogP contribution >= 0.6 is 0 Å². The van der Waals surface area contributed by atoms with Gasteiger partial charge in [-0.25, -0.2) is 0 Å². The molecule has 0 fully saturated rings. The molecular weight excluding hydrogens is 198 g/mol. The zero-order chi connectivity index (χ0) is 10.5. The van der Waals surface area contributed by atoms with Crippen molar-refractivity contribution in [2.24, 2.45) is 5.92 Å². The topological polar surface area (TPSA) is 104 Å². The smallest absolute Gasteiger partial charge is 0.324 e. The Hall–Kier alpha value is -1.13. The minimum atomic E-state index is -4.32. The lowest BCUT2D eigenvalue weighted by molar-refractivity contribution is -0.145. The molecule has 0 aromatic heterocycles. The third-order valence-electron chi connectivity index (χ3n) is 1.10. The maximum atomic E-state index is 10.8. The van der Waals surface area contributed by atoms with Crippen molar-refractivity contribution in [1.82, 2.24) is 0 Å². The predicted molar refractivity (Wildman–Crippen MR) is 42.2 cm³/mol. The average Bonchev–Trinajstić information content (AvgIpc) is 1.99. The first kappa shape index (κ1) is 11.9. The van der Waals surface area contributed by atoms with Crippen LogP contribution in [0, 0.1) is 17.2 Å². The lowest BCUT2D eigenvalue weighted by Crippen LogP contribution is -2.24. The number of nitriles is 1. The molecule has 0 bridgehead atoms. The molecule has 0 saturated heterocycles. The molecule has 6 nitrogen and oxygen atoms in total. The molecule has 1 N–H and O–H groups in total. The molecule has 0 heterocycles. The monoisotopic (exact) mass is 207 g/mol. The maximum Gasteiger partial charge on any atom is 0.324 e. The normalized spacial score (nSPS) is 13.0. The predicted octanol–water partition coefficient (Wildman–Crippen LogP) is -0.423. The molecule has 0 aromatic rings. The van der Waals surface area contributed by atoms with Crippen LogP contribution in [0.1, 0.15) is 6.92 Å². The van der Waals surface area contributed by atoms with E-state index in [1.54, 1.807) is 0 Å². The number of nitrogens with zero attached hydrogens (tertiary/aromatic N) is 1. The van der Waals surface area contributed by atoms with Gasteiger partial charge in [0.25, 0.3) is 10.1 Å². The molecule has 0 spiro atoms. The summed E-state index contributed by atoms with van der Waals surface area (Å²) in [6.07, 6.45) is 0. The highest BCUT2D eigenvalue weighted by molar-refractivity contribution is 7.85. The van der Waals surface area contributed by atoms with Gasteiger partial charge < -0.3 is 4.74 Å². The third kappa shape index (κ3) is 5.16. The van der Waals surface area contributed by atoms with Crippen molar-refractivity contribution in [1.29, 1.82) is 5.26 Å². The first-order valence-corrected chi connectivity index (χ1v) is 5.03. The number of carbonyl (C=O) groups is 1. The summed E-state index contributed by atoms with van der Waals surface area (Å²) in [5, 5.41) is 8.36. The molecule has 0 aliphatic carbocycles. The van der Waals surface area contributed by atoms with E-state index in [4.69, 9.17) is 9.81 Å². The van der Waals surface area contributed by atoms with Crippen LogP contribution in [0.2, 0.25) is 0 Å². The van der Waals surface area contributed by atoms with Crippen molar-refractivity contribution in [3.8, 4) is 6.07 Å². The molecular formula is C6H9NO5S. The standard InChI is InChI=1S/C6H9NO5S/c1-2-12-6(8)5(3-7)4-13(9,10)11/h5H,2,4H2,1H3,(H,9,10,11). The summed E-state index contributed by atoms with van der Waals surface area (Å²) in [6.45, 7) is 1.59. The Morgan fingerprint density at radius 2 is 2.23 bits per heavy atom. The van der Waals surface area contributed by atoms with Gasteiger partial charge in [0.1, 0.15) is 5.75 Å². The van der Waals surface area contributed by atoms with Gasteiger partial charge in [0.05, 0.1) is 12.7 Å². The first-order chi connectivity index (χ1) is 5.90. The van der Waals surface area contributed by atoms with Crippen LogP contribution in [0.15, 0.2) is 0 Å². The number of esters is 1. The average molecular weight is 207 g/mol. The molecule has 1 atom stereocenters. The van der Waals surface area contributed by atoms with E-state index in [0.717, 1.165) is 0 Å². The second-order valence-corrected chi connectivity index (χ2v) is 3.68. The van der Waals surface area contributed by atoms with Crippen LogP contribution in [-0.4, -0.2) is 31.3 Å². The summed E-state index contributed by atoms with van der Waals surface area (Å²) in [6, 6.07) is 1.43. The molecule has 0 aliphatic heterocycles. The van der Waals surface area contributed by atoms with Crippen molar-refractivity contribution in [3.63, 3.8) is 0 Å². The van der Waals surface area contributed by atoms with Crippen LogP contribution in [0.5, 0.6) is 0 Å². The Kier molecular flexibility index (Phi) is 4.37. The minimum Gasteiger partial charge on any atom is -0.465 e. The quantitative estimate of drug-likeness (QED) is 0.495. The highest BCUT2D eigenvalue weighted by atomic mass is 32.2. The van der Waals surface area contributed by atoms with Gasteiger partial charge in [-0.3, -0.25) is 9.35 Å². The molecule has 0 aliphatic rings. The van der Waals surface area contributed by atoms with Crippen LogP contribution in [-0.2, 0) is 19.6 Å². The summed E-state index contributed by atoms with van der Waals surface area (Å²) in [4.78, 5) is 10.8. The Labute approximate surface area is 75.9 Å². The minimum absolute atomic E-state index is 0.0580. The Morgan fingerprint density at radius 3 is 2.54 bits per heavy atom. The van der Waals surface area contributed by atoms with E-state index in [0.29, 0.717) is 0 Å². The van der Waals surface area contributed by atoms with Crippen LogP contribution < -0.4 is 0 Å². The van der Waals surface area contributed by atoms with E-state index < -0.39 is 27.8 Å². The van der Waals surface area contributed by atoms with E-state index >= 15 is 0 Å². The zero-order valence-electron chi connectivity index (χ0n) is 6.93. The van der Waals surface area contributed by atoms with Gasteiger partial charge in [-0.15, -0.1) is 0 Å². The fourth-order valence-corrected chi connectivity index (χ4v) is 1.24. The van der Waals surface area contributed by atoms with Gasteiger partial charge in [0.15, 0.2) is 5.92 Å². The highest BCUT2D eigenvalue weighted by Crippen LogP contribution is 2.02. The highest BCUT2D eigenvalue weighted by Gasteiger charge is 2.25. The largest absolute Gasteiger partial charge is 0.465 e. The van der Waals surface area contributed by atoms with Gasteiger partial charge in [-0.05, 0) is 6.92 Å². The number of hydrogen-bond donors (Lipinski definition) is 1. The summed E-state index contributed by atoms with van der Waals surface area (Å²) in [7, 11) is -4.32. The van der Waals surface area contributed by atoms with Crippen molar-refractivity contribution in [2.45, 2.75) is 6.92 Å². The van der Waals surface area contributed by atoms with E-state index in [1.165, 1.54) is 13.0 Å². The Morgan fingerprint density at radius 1 is 1.69 bits per heavy atom. The van der Waals surface area contributed by atoms with Crippen LogP contribution in [0.4, 0.5) is 0 Å². The number of hydrogen-bond acceptors (Lipinski definition) is 5. The van der Waals surface area contributed by atoms with Crippen LogP contribution in [0.3, 0.4) is 0 Å². The van der Waals surface area contributed by atoms with Crippen molar-refractivity contribution >= 4 is 16.1 Å². The fourth-order valence-electron chi connectivity index (χ4n) is 0.611. The summed E-state index contributed by atoms with van der Waals surface area (Å²) >= 11 is 0. The van der Waals surface area contributed by atoms with Gasteiger partial charge in [0.2, 0.25) is 0 Å². The molecule has 1 unspecified atom stereocenters. The second-order valence-electron chi connectivity index (χ2n) is 2.18. The molecule has 13 heavy (non-hydrogen) atoms. The SMILES string of the molecule is CCOC(=O)C(C#N)CS(=O)(=O)O. The van der Waals surface area contributed by atoms with Crippen LogP contribution in [0.25, 0.3) is 0 Å². The zero-order valence-corrected chi connectivity index (χ0v) is 7.74. The third-order valence-corrected chi connectivity index (χ3v) is 1.86. The van der Waals surface area contributed by atoms with E-state index in [9.17, 15) is 13.2 Å². The fraction of sp³-hybridized carbons (Fsp3) is 0.667. The molecule has 0 rings (SSSR count). The van der Waals surface area contributed by atoms with Gasteiger partial charge in [0, 0.05) is 0 Å². The van der Waals surface area contributed by atoms with Crippen molar-refractivity contribution in [2.75, 3.05) is 12.4 Å². The van der Waals surface area contributed by atoms with Gasteiger partial charge in [-0.1, -0.05) is 0 Å². The molecule has 0 radical (unpaired) electrons. The lowest BCUT2D eigenvalue weighted by Gasteiger charge is -2.05. The molecule has 0 aromatic carbocycles. The molecule has 0 saturated carbocycles. The maximum absolute atomic E-state index is 10.8. The number of rotatable bonds is 4. The Bertz CT molecular complexity index is 314. The van der Waals surface area contributed by atoms with Crippen molar-refractivity contribution < 1.29 is 22.5 Å². The second kappa shape index (κ2) is 4.79. The summed E-state index contributed by atoms with van der Waals surface area (Å²) in [5.41, 5.74) is 0. The van der Waals surface area contributed by atoms with Gasteiger partial charge in [-0.2, -0.15) is 13.7 Å². The van der Waals surface area contributed by atoms with E-state index in [1.807, 2.05) is 0 Å². The lowest BCUT2D eigenvalue weighted by atomic mass is 10.2. The Balaban J connectivity index is 4.38. The first-order valence-electron chi connectivity index (χ1n) is 3.42. The number of carbonyl (C=O) groups excluding carboxylic acids is 1.